The Labute approximate surface area is 115 Å². The second kappa shape index (κ2) is 16.2. The average Bonchev–Trinajstić information content (AvgIpc) is 2.39. The Bertz CT molecular complexity index is 210. The summed E-state index contributed by atoms with van der Waals surface area (Å²) in [6.07, 6.45) is 25.5. The Kier molecular flexibility index (Phi) is 15.5. The van der Waals surface area contributed by atoms with Crippen molar-refractivity contribution < 1.29 is 0 Å². The Morgan fingerprint density at radius 3 is 1.72 bits per heavy atom. The van der Waals surface area contributed by atoms with Gasteiger partial charge in [-0.15, -0.1) is 6.58 Å². The molecule has 0 saturated carbocycles. The second-order valence-corrected chi connectivity index (χ2v) is 4.99. The van der Waals surface area contributed by atoms with E-state index < -0.39 is 0 Å². The highest BCUT2D eigenvalue weighted by Crippen LogP contribution is 2.09. The lowest BCUT2D eigenvalue weighted by molar-refractivity contribution is 0.600. The van der Waals surface area contributed by atoms with Crippen molar-refractivity contribution in [3.8, 4) is 0 Å². The first kappa shape index (κ1) is 17.2. The van der Waals surface area contributed by atoms with E-state index in [1.54, 1.807) is 0 Å². The van der Waals surface area contributed by atoms with E-state index in [1.807, 2.05) is 6.08 Å². The van der Waals surface area contributed by atoms with Crippen LogP contribution in [0.3, 0.4) is 0 Å². The van der Waals surface area contributed by atoms with Gasteiger partial charge in [0.1, 0.15) is 0 Å². The van der Waals surface area contributed by atoms with E-state index in [1.165, 1.54) is 70.6 Å². The molecule has 0 N–H and O–H groups in total. The van der Waals surface area contributed by atoms with Crippen LogP contribution in [-0.4, -0.2) is 0 Å². The summed E-state index contributed by atoms with van der Waals surface area (Å²) >= 11 is 0. The Balaban J connectivity index is 3.12. The molecule has 104 valence electrons. The summed E-state index contributed by atoms with van der Waals surface area (Å²) in [6.45, 7) is 5.98. The highest BCUT2D eigenvalue weighted by atomic mass is 14.0. The van der Waals surface area contributed by atoms with Gasteiger partial charge in [0.15, 0.2) is 0 Å². The lowest BCUT2D eigenvalue weighted by atomic mass is 10.1. The number of hydrogen-bond donors (Lipinski definition) is 0. The van der Waals surface area contributed by atoms with Crippen molar-refractivity contribution in [1.29, 1.82) is 0 Å². The lowest BCUT2D eigenvalue weighted by Crippen LogP contribution is -1.79. The van der Waals surface area contributed by atoms with Gasteiger partial charge in [-0.1, -0.05) is 75.8 Å². The molecule has 0 fully saturated rings. The fourth-order valence-corrected chi connectivity index (χ4v) is 1.93. The maximum absolute atomic E-state index is 3.75. The normalized spacial score (nSPS) is 11.6. The summed E-state index contributed by atoms with van der Waals surface area (Å²) in [4.78, 5) is 0. The molecular weight excluding hydrogens is 216 g/mol. The number of unbranched alkanes of at least 4 members (excludes halogenated alkanes) is 9. The maximum atomic E-state index is 3.75. The minimum absolute atomic E-state index is 1.19. The average molecular weight is 248 g/mol. The summed E-state index contributed by atoms with van der Waals surface area (Å²) in [6, 6.07) is 0. The maximum Gasteiger partial charge on any atom is -0.0348 e. The first-order chi connectivity index (χ1) is 8.91. The van der Waals surface area contributed by atoms with E-state index in [4.69, 9.17) is 0 Å². The Hall–Kier alpha value is -0.780. The van der Waals surface area contributed by atoms with Gasteiger partial charge < -0.3 is 0 Å². The molecule has 0 aromatic rings. The van der Waals surface area contributed by atoms with Gasteiger partial charge in [0.2, 0.25) is 0 Å². The van der Waals surface area contributed by atoms with Crippen LogP contribution in [0.15, 0.2) is 37.0 Å². The van der Waals surface area contributed by atoms with Crippen LogP contribution in [0, 0.1) is 0 Å². The molecule has 0 radical (unpaired) electrons. The monoisotopic (exact) mass is 248 g/mol. The van der Waals surface area contributed by atoms with Gasteiger partial charge in [-0.3, -0.25) is 0 Å². The minimum atomic E-state index is 1.19. The SMILES string of the molecule is C=CCCCCCCCCC=CC=CCCCC. The molecule has 18 heavy (non-hydrogen) atoms. The Morgan fingerprint density at radius 2 is 1.17 bits per heavy atom. The molecule has 0 saturated heterocycles. The van der Waals surface area contributed by atoms with Crippen LogP contribution in [0.2, 0.25) is 0 Å². The van der Waals surface area contributed by atoms with Crippen LogP contribution in [0.25, 0.3) is 0 Å². The third-order valence-corrected chi connectivity index (χ3v) is 3.14. The van der Waals surface area contributed by atoms with E-state index in [0.717, 1.165) is 0 Å². The van der Waals surface area contributed by atoms with Crippen LogP contribution in [-0.2, 0) is 0 Å². The molecule has 0 amide bonds. The largest absolute Gasteiger partial charge is 0.103 e. The zero-order valence-corrected chi connectivity index (χ0v) is 12.4. The van der Waals surface area contributed by atoms with Gasteiger partial charge in [-0.25, -0.2) is 0 Å². The first-order valence-corrected chi connectivity index (χ1v) is 7.84. The molecule has 0 unspecified atom stereocenters. The fraction of sp³-hybridized carbons (Fsp3) is 0.667. The van der Waals surface area contributed by atoms with Crippen molar-refractivity contribution >= 4 is 0 Å². The number of rotatable bonds is 13. The third-order valence-electron chi connectivity index (χ3n) is 3.14. The van der Waals surface area contributed by atoms with Gasteiger partial charge in [0.05, 0.1) is 0 Å². The zero-order chi connectivity index (χ0) is 13.3. The molecular formula is C18H32. The smallest absolute Gasteiger partial charge is 0.0348 e. The predicted molar refractivity (Wildman–Crippen MR) is 84.9 cm³/mol. The van der Waals surface area contributed by atoms with Crippen LogP contribution in [0.1, 0.15) is 77.6 Å². The molecule has 0 atom stereocenters. The van der Waals surface area contributed by atoms with Crippen molar-refractivity contribution in [2.24, 2.45) is 0 Å². The zero-order valence-electron chi connectivity index (χ0n) is 12.4. The third kappa shape index (κ3) is 15.2. The fourth-order valence-electron chi connectivity index (χ4n) is 1.93. The van der Waals surface area contributed by atoms with Crippen LogP contribution in [0.5, 0.6) is 0 Å². The van der Waals surface area contributed by atoms with E-state index in [-0.39, 0.29) is 0 Å². The summed E-state index contributed by atoms with van der Waals surface area (Å²) in [5.74, 6) is 0. The molecule has 0 aromatic heterocycles. The molecule has 0 heterocycles. The van der Waals surface area contributed by atoms with Crippen molar-refractivity contribution in [3.63, 3.8) is 0 Å². The van der Waals surface area contributed by atoms with Gasteiger partial charge in [0, 0.05) is 0 Å². The molecule has 0 rings (SSSR count). The number of hydrogen-bond acceptors (Lipinski definition) is 0. The van der Waals surface area contributed by atoms with Gasteiger partial charge in [0.25, 0.3) is 0 Å². The van der Waals surface area contributed by atoms with Gasteiger partial charge in [-0.05, 0) is 32.1 Å². The van der Waals surface area contributed by atoms with Crippen molar-refractivity contribution in [3.05, 3.63) is 37.0 Å². The molecule has 0 aliphatic carbocycles. The van der Waals surface area contributed by atoms with Gasteiger partial charge in [-0.2, -0.15) is 0 Å². The van der Waals surface area contributed by atoms with Crippen molar-refractivity contribution in [1.82, 2.24) is 0 Å². The summed E-state index contributed by atoms with van der Waals surface area (Å²) < 4.78 is 0. The summed E-state index contributed by atoms with van der Waals surface area (Å²) in [7, 11) is 0. The predicted octanol–water partition coefficient (Wildman–Crippen LogP) is 6.60. The van der Waals surface area contributed by atoms with Crippen molar-refractivity contribution in [2.75, 3.05) is 0 Å². The molecule has 0 bridgehead atoms. The molecule has 0 aliphatic rings. The molecule has 0 aliphatic heterocycles. The van der Waals surface area contributed by atoms with Crippen LogP contribution >= 0.6 is 0 Å². The van der Waals surface area contributed by atoms with E-state index >= 15 is 0 Å². The highest BCUT2D eigenvalue weighted by molar-refractivity contribution is 5.02. The summed E-state index contributed by atoms with van der Waals surface area (Å²) in [5.41, 5.74) is 0. The topological polar surface area (TPSA) is 0 Å². The van der Waals surface area contributed by atoms with Crippen LogP contribution < -0.4 is 0 Å². The highest BCUT2D eigenvalue weighted by Gasteiger charge is 1.89. The second-order valence-electron chi connectivity index (χ2n) is 4.99. The first-order valence-electron chi connectivity index (χ1n) is 7.84. The van der Waals surface area contributed by atoms with E-state index in [2.05, 4.69) is 37.8 Å². The van der Waals surface area contributed by atoms with E-state index in [0.29, 0.717) is 0 Å². The molecule has 0 aromatic carbocycles. The van der Waals surface area contributed by atoms with Crippen molar-refractivity contribution in [2.45, 2.75) is 77.6 Å². The standard InChI is InChI=1S/C18H32/c1-3-5-7-9-11-13-15-17-18-16-14-12-10-8-6-4-2/h3,10,12,14,16H,1,4-9,11,13,15,17-18H2,2H3. The Morgan fingerprint density at radius 1 is 0.667 bits per heavy atom. The summed E-state index contributed by atoms with van der Waals surface area (Å²) in [5, 5.41) is 0. The van der Waals surface area contributed by atoms with Crippen LogP contribution in [0.4, 0.5) is 0 Å². The van der Waals surface area contributed by atoms with Gasteiger partial charge >= 0.3 is 0 Å². The quantitative estimate of drug-likeness (QED) is 0.196. The number of allylic oxidation sites excluding steroid dienone is 5. The molecule has 0 nitrogen and oxygen atoms in total. The molecule has 0 spiro atoms. The molecule has 0 heteroatoms. The lowest BCUT2D eigenvalue weighted by Gasteiger charge is -1.98. The minimum Gasteiger partial charge on any atom is -0.103 e. The van der Waals surface area contributed by atoms with E-state index in [9.17, 15) is 0 Å².